The normalized spacial score (nSPS) is 17.9. The van der Waals surface area contributed by atoms with Gasteiger partial charge in [0.25, 0.3) is 0 Å². The topological polar surface area (TPSA) is 47.6 Å². The Balaban J connectivity index is 1.92. The summed E-state index contributed by atoms with van der Waals surface area (Å²) in [4.78, 5) is 11.4. The summed E-state index contributed by atoms with van der Waals surface area (Å²) in [5, 5.41) is 3.27. The quantitative estimate of drug-likeness (QED) is 0.831. The minimum atomic E-state index is -0.324. The predicted octanol–water partition coefficient (Wildman–Crippen LogP) is 2.58. The summed E-state index contributed by atoms with van der Waals surface area (Å²) in [6.07, 6.45) is 6.03. The number of carbonyl (C=O) groups excluding carboxylic acids is 1. The number of carbonyl (C=O) groups is 1. The summed E-state index contributed by atoms with van der Waals surface area (Å²) in [7, 11) is 1.38. The molecule has 0 spiro atoms. The first kappa shape index (κ1) is 12.5. The van der Waals surface area contributed by atoms with Gasteiger partial charge >= 0.3 is 5.97 Å². The summed E-state index contributed by atoms with van der Waals surface area (Å²) in [5.41, 5.74) is 1.45. The fraction of sp³-hybridized carbons (Fsp3) is 0.357. The van der Waals surface area contributed by atoms with Crippen molar-refractivity contribution < 1.29 is 14.3 Å². The summed E-state index contributed by atoms with van der Waals surface area (Å²) in [5.74, 6) is -0.324. The maximum atomic E-state index is 11.4. The van der Waals surface area contributed by atoms with E-state index in [1.54, 1.807) is 18.4 Å². The molecule has 0 bridgehead atoms. The third-order valence-electron chi connectivity index (χ3n) is 2.84. The Morgan fingerprint density at radius 3 is 3.17 bits per heavy atom. The van der Waals surface area contributed by atoms with E-state index in [4.69, 9.17) is 4.74 Å². The molecule has 1 unspecified atom stereocenters. The van der Waals surface area contributed by atoms with Crippen molar-refractivity contribution in [1.29, 1.82) is 0 Å². The zero-order valence-corrected chi connectivity index (χ0v) is 10.4. The summed E-state index contributed by atoms with van der Waals surface area (Å²) in [6.45, 7) is 0.731. The Labute approximate surface area is 107 Å². The van der Waals surface area contributed by atoms with Gasteiger partial charge in [0, 0.05) is 5.69 Å². The molecule has 4 heteroatoms. The van der Waals surface area contributed by atoms with Crippen LogP contribution in [-0.4, -0.2) is 25.7 Å². The maximum absolute atomic E-state index is 11.4. The minimum Gasteiger partial charge on any atom is -0.497 e. The smallest absolute Gasteiger partial charge is 0.337 e. The van der Waals surface area contributed by atoms with Gasteiger partial charge in [-0.25, -0.2) is 4.79 Å². The number of nitrogens with one attached hydrogen (secondary N) is 1. The average Bonchev–Trinajstić information content (AvgIpc) is 2.45. The summed E-state index contributed by atoms with van der Waals surface area (Å²) < 4.78 is 10.1. The maximum Gasteiger partial charge on any atom is 0.337 e. The van der Waals surface area contributed by atoms with Crippen molar-refractivity contribution in [2.75, 3.05) is 19.0 Å². The van der Waals surface area contributed by atoms with E-state index >= 15 is 0 Å². The van der Waals surface area contributed by atoms with Crippen LogP contribution >= 0.6 is 0 Å². The molecule has 18 heavy (non-hydrogen) atoms. The molecule has 1 aromatic carbocycles. The standard InChI is InChI=1S/C14H17NO3/c1-17-14(16)11-5-4-6-12(9-11)15-10-13-7-2-3-8-18-13/h3-6,8-9,13,15H,2,7,10H2,1H3. The van der Waals surface area contributed by atoms with Crippen molar-refractivity contribution in [2.24, 2.45) is 0 Å². The molecule has 1 atom stereocenters. The summed E-state index contributed by atoms with van der Waals surface area (Å²) >= 11 is 0. The molecule has 0 saturated carbocycles. The van der Waals surface area contributed by atoms with Crippen LogP contribution in [0.4, 0.5) is 5.69 Å². The van der Waals surface area contributed by atoms with Crippen molar-refractivity contribution in [3.63, 3.8) is 0 Å². The van der Waals surface area contributed by atoms with Crippen molar-refractivity contribution in [2.45, 2.75) is 18.9 Å². The highest BCUT2D eigenvalue weighted by Gasteiger charge is 2.11. The Hall–Kier alpha value is -1.97. The van der Waals surface area contributed by atoms with E-state index in [-0.39, 0.29) is 12.1 Å². The molecule has 1 aliphatic rings. The number of hydrogen-bond acceptors (Lipinski definition) is 4. The molecule has 0 aliphatic carbocycles. The van der Waals surface area contributed by atoms with E-state index in [9.17, 15) is 4.79 Å². The Morgan fingerprint density at radius 2 is 2.44 bits per heavy atom. The number of anilines is 1. The first-order valence-electron chi connectivity index (χ1n) is 6.02. The van der Waals surface area contributed by atoms with E-state index in [0.29, 0.717) is 5.56 Å². The van der Waals surface area contributed by atoms with Crippen LogP contribution in [0, 0.1) is 0 Å². The van der Waals surface area contributed by atoms with E-state index in [1.807, 2.05) is 18.2 Å². The monoisotopic (exact) mass is 247 g/mol. The molecule has 96 valence electrons. The summed E-state index contributed by atoms with van der Waals surface area (Å²) in [6, 6.07) is 7.27. The van der Waals surface area contributed by atoms with Gasteiger partial charge in [0.15, 0.2) is 0 Å². The minimum absolute atomic E-state index is 0.191. The molecular formula is C14H17NO3. The van der Waals surface area contributed by atoms with Crippen molar-refractivity contribution in [3.05, 3.63) is 42.2 Å². The SMILES string of the molecule is COC(=O)c1cccc(NCC2CCC=CO2)c1. The zero-order valence-electron chi connectivity index (χ0n) is 10.4. The Morgan fingerprint density at radius 1 is 1.56 bits per heavy atom. The van der Waals surface area contributed by atoms with Crippen LogP contribution in [0.2, 0.25) is 0 Å². The second-order valence-electron chi connectivity index (χ2n) is 4.16. The lowest BCUT2D eigenvalue weighted by Crippen LogP contribution is -2.23. The highest BCUT2D eigenvalue weighted by molar-refractivity contribution is 5.90. The van der Waals surface area contributed by atoms with E-state index < -0.39 is 0 Å². The van der Waals surface area contributed by atoms with Gasteiger partial charge in [-0.15, -0.1) is 0 Å². The molecule has 0 aromatic heterocycles. The number of esters is 1. The first-order valence-corrected chi connectivity index (χ1v) is 6.02. The van der Waals surface area contributed by atoms with Crippen molar-refractivity contribution >= 4 is 11.7 Å². The lowest BCUT2D eigenvalue weighted by atomic mass is 10.1. The van der Waals surface area contributed by atoms with E-state index in [2.05, 4.69) is 10.1 Å². The Bertz CT molecular complexity index is 442. The van der Waals surface area contributed by atoms with Crippen LogP contribution in [0.3, 0.4) is 0 Å². The number of methoxy groups -OCH3 is 1. The van der Waals surface area contributed by atoms with Crippen LogP contribution in [-0.2, 0) is 9.47 Å². The van der Waals surface area contributed by atoms with E-state index in [0.717, 1.165) is 25.1 Å². The number of ether oxygens (including phenoxy) is 2. The number of hydrogen-bond donors (Lipinski definition) is 1. The molecule has 4 nitrogen and oxygen atoms in total. The van der Waals surface area contributed by atoms with Crippen LogP contribution in [0.1, 0.15) is 23.2 Å². The molecule has 1 aliphatic heterocycles. The number of allylic oxidation sites excluding steroid dienone is 1. The van der Waals surface area contributed by atoms with Gasteiger partial charge in [-0.1, -0.05) is 6.07 Å². The lowest BCUT2D eigenvalue weighted by Gasteiger charge is -2.20. The molecule has 1 heterocycles. The van der Waals surface area contributed by atoms with Gasteiger partial charge in [-0.05, 0) is 37.1 Å². The van der Waals surface area contributed by atoms with Gasteiger partial charge in [0.1, 0.15) is 6.10 Å². The van der Waals surface area contributed by atoms with Crippen LogP contribution < -0.4 is 5.32 Å². The predicted molar refractivity (Wildman–Crippen MR) is 69.5 cm³/mol. The molecule has 0 amide bonds. The largest absolute Gasteiger partial charge is 0.497 e. The highest BCUT2D eigenvalue weighted by Crippen LogP contribution is 2.14. The van der Waals surface area contributed by atoms with Gasteiger partial charge in [-0.3, -0.25) is 0 Å². The molecule has 0 radical (unpaired) electrons. The second kappa shape index (κ2) is 6.10. The van der Waals surface area contributed by atoms with Crippen LogP contribution in [0.5, 0.6) is 0 Å². The number of rotatable bonds is 4. The molecule has 2 rings (SSSR count). The average molecular weight is 247 g/mol. The third kappa shape index (κ3) is 3.26. The fourth-order valence-electron chi connectivity index (χ4n) is 1.84. The van der Waals surface area contributed by atoms with Gasteiger partial charge in [0.05, 0.1) is 25.5 Å². The molecular weight excluding hydrogens is 230 g/mol. The molecule has 0 fully saturated rings. The highest BCUT2D eigenvalue weighted by atomic mass is 16.5. The van der Waals surface area contributed by atoms with E-state index in [1.165, 1.54) is 7.11 Å². The van der Waals surface area contributed by atoms with Crippen molar-refractivity contribution in [3.8, 4) is 0 Å². The molecule has 0 saturated heterocycles. The van der Waals surface area contributed by atoms with Crippen molar-refractivity contribution in [1.82, 2.24) is 0 Å². The zero-order chi connectivity index (χ0) is 12.8. The van der Waals surface area contributed by atoms with Gasteiger partial charge in [0.2, 0.25) is 0 Å². The lowest BCUT2D eigenvalue weighted by molar-refractivity contribution is 0.0601. The van der Waals surface area contributed by atoms with Crippen LogP contribution in [0.25, 0.3) is 0 Å². The Kier molecular flexibility index (Phi) is 4.23. The molecule has 1 aromatic rings. The third-order valence-corrected chi connectivity index (χ3v) is 2.84. The first-order chi connectivity index (χ1) is 8.79. The number of benzene rings is 1. The van der Waals surface area contributed by atoms with Crippen LogP contribution in [0.15, 0.2) is 36.6 Å². The fourth-order valence-corrected chi connectivity index (χ4v) is 1.84. The van der Waals surface area contributed by atoms with Gasteiger partial charge < -0.3 is 14.8 Å². The second-order valence-corrected chi connectivity index (χ2v) is 4.16. The molecule has 1 N–H and O–H groups in total. The van der Waals surface area contributed by atoms with Gasteiger partial charge in [-0.2, -0.15) is 0 Å².